The predicted molar refractivity (Wildman–Crippen MR) is 116 cm³/mol. The summed E-state index contributed by atoms with van der Waals surface area (Å²) in [6.45, 7) is 5.14. The zero-order valence-electron chi connectivity index (χ0n) is 17.6. The van der Waals surface area contributed by atoms with Crippen LogP contribution < -0.4 is 10.6 Å². The molecule has 1 aromatic heterocycles. The number of hydrogen-bond acceptors (Lipinski definition) is 4. The number of aryl methyl sites for hydroxylation is 1. The van der Waals surface area contributed by atoms with Gasteiger partial charge in [0, 0.05) is 25.8 Å². The van der Waals surface area contributed by atoms with Gasteiger partial charge in [-0.2, -0.15) is 0 Å². The Bertz CT molecular complexity index is 1010. The second-order valence-corrected chi connectivity index (χ2v) is 7.30. The number of ether oxygens (including phenoxy) is 1. The number of carbonyl (C=O) groups is 2. The summed E-state index contributed by atoms with van der Waals surface area (Å²) < 4.78 is 6.87. The number of benzene rings is 2. The second-order valence-electron chi connectivity index (χ2n) is 7.30. The van der Waals surface area contributed by atoms with Gasteiger partial charge in [0.2, 0.25) is 5.91 Å². The molecule has 0 saturated heterocycles. The van der Waals surface area contributed by atoms with Crippen molar-refractivity contribution in [2.24, 2.45) is 0 Å². The van der Waals surface area contributed by atoms with Crippen LogP contribution in [0.3, 0.4) is 0 Å². The summed E-state index contributed by atoms with van der Waals surface area (Å²) >= 11 is 0. The molecule has 158 valence electrons. The average Bonchev–Trinajstić information content (AvgIpc) is 3.10. The molecule has 2 aromatic carbocycles. The first kappa shape index (κ1) is 21.5. The number of methoxy groups -OCH3 is 1. The molecule has 0 aliphatic carbocycles. The van der Waals surface area contributed by atoms with Crippen molar-refractivity contribution in [3.63, 3.8) is 0 Å². The largest absolute Gasteiger partial charge is 0.385 e. The van der Waals surface area contributed by atoms with Crippen LogP contribution in [0.5, 0.6) is 0 Å². The van der Waals surface area contributed by atoms with E-state index in [1.54, 1.807) is 19.2 Å². The SMILES string of the molecule is COCCCNC(=O)Cn1c(C(C)NC(=O)c2ccc(C)cc2)nc2ccccc21. The fraction of sp³-hybridized carbons (Fsp3) is 0.348. The quantitative estimate of drug-likeness (QED) is 0.533. The van der Waals surface area contributed by atoms with Crippen LogP contribution in [0.25, 0.3) is 11.0 Å². The smallest absolute Gasteiger partial charge is 0.251 e. The number of aromatic nitrogens is 2. The van der Waals surface area contributed by atoms with Crippen LogP contribution in [-0.2, 0) is 16.1 Å². The van der Waals surface area contributed by atoms with Gasteiger partial charge in [-0.1, -0.05) is 29.8 Å². The molecule has 3 aromatic rings. The topological polar surface area (TPSA) is 85.2 Å². The molecule has 3 rings (SSSR count). The molecule has 7 nitrogen and oxygen atoms in total. The third-order valence-corrected chi connectivity index (χ3v) is 4.88. The Morgan fingerprint density at radius 2 is 1.87 bits per heavy atom. The van der Waals surface area contributed by atoms with Crippen LogP contribution >= 0.6 is 0 Å². The maximum absolute atomic E-state index is 12.7. The number of nitrogens with zero attached hydrogens (tertiary/aromatic N) is 2. The van der Waals surface area contributed by atoms with E-state index in [1.165, 1.54) is 0 Å². The lowest BCUT2D eigenvalue weighted by Crippen LogP contribution is -2.32. The Morgan fingerprint density at radius 1 is 1.13 bits per heavy atom. The van der Waals surface area contributed by atoms with E-state index in [1.807, 2.05) is 54.8 Å². The van der Waals surface area contributed by atoms with E-state index in [0.29, 0.717) is 24.5 Å². The first-order chi connectivity index (χ1) is 14.5. The van der Waals surface area contributed by atoms with E-state index in [0.717, 1.165) is 23.0 Å². The van der Waals surface area contributed by atoms with Gasteiger partial charge in [0.15, 0.2) is 0 Å². The van der Waals surface area contributed by atoms with E-state index >= 15 is 0 Å². The zero-order chi connectivity index (χ0) is 21.5. The summed E-state index contributed by atoms with van der Waals surface area (Å²) in [5.74, 6) is 0.362. The highest BCUT2D eigenvalue weighted by molar-refractivity contribution is 5.94. The van der Waals surface area contributed by atoms with Gasteiger partial charge in [0.05, 0.1) is 17.1 Å². The fourth-order valence-electron chi connectivity index (χ4n) is 3.28. The molecule has 0 saturated carbocycles. The molecule has 0 aliphatic rings. The minimum absolute atomic E-state index is 0.104. The summed E-state index contributed by atoms with van der Waals surface area (Å²) in [6, 6.07) is 14.7. The number of imidazole rings is 1. The Morgan fingerprint density at radius 3 is 2.60 bits per heavy atom. The standard InChI is InChI=1S/C23H28N4O3/c1-16-9-11-18(12-10-16)23(29)25-17(2)22-26-19-7-4-5-8-20(19)27(22)15-21(28)24-13-6-14-30-3/h4-5,7-12,17H,6,13-15H2,1-3H3,(H,24,28)(H,25,29). The molecule has 1 heterocycles. The summed E-state index contributed by atoms with van der Waals surface area (Å²) in [5, 5.41) is 5.90. The summed E-state index contributed by atoms with van der Waals surface area (Å²) in [5.41, 5.74) is 3.33. The number of carbonyl (C=O) groups excluding carboxylic acids is 2. The van der Waals surface area contributed by atoms with Crippen molar-refractivity contribution in [1.29, 1.82) is 0 Å². The lowest BCUT2D eigenvalue weighted by Gasteiger charge is -2.16. The van der Waals surface area contributed by atoms with Gasteiger partial charge >= 0.3 is 0 Å². The van der Waals surface area contributed by atoms with Gasteiger partial charge in [0.25, 0.3) is 5.91 Å². The number of para-hydroxylation sites is 2. The van der Waals surface area contributed by atoms with Gasteiger partial charge in [-0.25, -0.2) is 4.98 Å². The molecule has 0 spiro atoms. The van der Waals surface area contributed by atoms with Crippen LogP contribution in [-0.4, -0.2) is 41.6 Å². The van der Waals surface area contributed by atoms with Gasteiger partial charge in [-0.3, -0.25) is 9.59 Å². The van der Waals surface area contributed by atoms with E-state index in [2.05, 4.69) is 15.6 Å². The summed E-state index contributed by atoms with van der Waals surface area (Å²) in [6.07, 6.45) is 0.753. The number of nitrogens with one attached hydrogen (secondary N) is 2. The summed E-state index contributed by atoms with van der Waals surface area (Å²) in [7, 11) is 1.64. The number of amides is 2. The Balaban J connectivity index is 1.78. The van der Waals surface area contributed by atoms with Gasteiger partial charge in [-0.15, -0.1) is 0 Å². The molecule has 1 atom stereocenters. The third kappa shape index (κ3) is 5.24. The lowest BCUT2D eigenvalue weighted by atomic mass is 10.1. The van der Waals surface area contributed by atoms with Gasteiger partial charge in [-0.05, 0) is 44.5 Å². The number of hydrogen-bond donors (Lipinski definition) is 2. The monoisotopic (exact) mass is 408 g/mol. The summed E-state index contributed by atoms with van der Waals surface area (Å²) in [4.78, 5) is 29.8. The molecule has 30 heavy (non-hydrogen) atoms. The van der Waals surface area contributed by atoms with Crippen molar-refractivity contribution in [2.45, 2.75) is 32.9 Å². The highest BCUT2D eigenvalue weighted by Crippen LogP contribution is 2.21. The van der Waals surface area contributed by atoms with E-state index < -0.39 is 0 Å². The fourth-order valence-corrected chi connectivity index (χ4v) is 3.28. The molecule has 0 fully saturated rings. The molecule has 7 heteroatoms. The van der Waals surface area contributed by atoms with Crippen molar-refractivity contribution in [3.05, 3.63) is 65.5 Å². The molecule has 0 aliphatic heterocycles. The Labute approximate surface area is 176 Å². The first-order valence-corrected chi connectivity index (χ1v) is 10.1. The minimum atomic E-state index is -0.368. The van der Waals surface area contributed by atoms with Crippen molar-refractivity contribution >= 4 is 22.8 Å². The number of fused-ring (bicyclic) bond motifs is 1. The van der Waals surface area contributed by atoms with Crippen molar-refractivity contribution < 1.29 is 14.3 Å². The van der Waals surface area contributed by atoms with Crippen LogP contribution in [0.2, 0.25) is 0 Å². The first-order valence-electron chi connectivity index (χ1n) is 10.1. The molecular formula is C23H28N4O3. The van der Waals surface area contributed by atoms with Crippen LogP contribution in [0.15, 0.2) is 48.5 Å². The predicted octanol–water partition coefficient (Wildman–Crippen LogP) is 2.99. The highest BCUT2D eigenvalue weighted by Gasteiger charge is 2.20. The van der Waals surface area contributed by atoms with Gasteiger partial charge in [0.1, 0.15) is 12.4 Å². The zero-order valence-corrected chi connectivity index (χ0v) is 17.6. The van der Waals surface area contributed by atoms with Crippen molar-refractivity contribution in [3.8, 4) is 0 Å². The maximum Gasteiger partial charge on any atom is 0.251 e. The molecule has 0 radical (unpaired) electrons. The lowest BCUT2D eigenvalue weighted by molar-refractivity contribution is -0.121. The highest BCUT2D eigenvalue weighted by atomic mass is 16.5. The Kier molecular flexibility index (Phi) is 7.19. The normalized spacial score (nSPS) is 12.0. The van der Waals surface area contributed by atoms with Crippen LogP contribution in [0.1, 0.15) is 41.1 Å². The molecule has 1 unspecified atom stereocenters. The molecular weight excluding hydrogens is 380 g/mol. The van der Waals surface area contributed by atoms with Crippen LogP contribution in [0, 0.1) is 6.92 Å². The minimum Gasteiger partial charge on any atom is -0.385 e. The van der Waals surface area contributed by atoms with Gasteiger partial charge < -0.3 is 19.9 Å². The molecule has 2 N–H and O–H groups in total. The van der Waals surface area contributed by atoms with Crippen molar-refractivity contribution in [1.82, 2.24) is 20.2 Å². The average molecular weight is 409 g/mol. The molecule has 0 bridgehead atoms. The second kappa shape index (κ2) is 10.0. The van der Waals surface area contributed by atoms with E-state index in [9.17, 15) is 9.59 Å². The number of rotatable bonds is 9. The van der Waals surface area contributed by atoms with E-state index in [4.69, 9.17) is 4.74 Å². The van der Waals surface area contributed by atoms with E-state index in [-0.39, 0.29) is 24.4 Å². The Hall–Kier alpha value is -3.19. The van der Waals surface area contributed by atoms with Crippen molar-refractivity contribution in [2.75, 3.05) is 20.3 Å². The molecule has 2 amide bonds. The maximum atomic E-state index is 12.7. The van der Waals surface area contributed by atoms with Crippen LogP contribution in [0.4, 0.5) is 0 Å². The third-order valence-electron chi connectivity index (χ3n) is 4.88.